The van der Waals surface area contributed by atoms with E-state index < -0.39 is 10.0 Å². The van der Waals surface area contributed by atoms with Crippen molar-refractivity contribution in [2.75, 3.05) is 0 Å². The zero-order chi connectivity index (χ0) is 10.8. The molecule has 3 nitrogen and oxygen atoms in total. The highest BCUT2D eigenvalue weighted by Gasteiger charge is 2.14. The van der Waals surface area contributed by atoms with E-state index in [0.29, 0.717) is 4.90 Å². The van der Waals surface area contributed by atoms with Crippen molar-refractivity contribution in [1.29, 1.82) is 0 Å². The standard InChI is InChI=1S/C9H12INO2S/c1-7(2)11-14(12,13)9-5-3-8(10)4-6-9/h3-7,11H,1-2H3. The van der Waals surface area contributed by atoms with Gasteiger partial charge >= 0.3 is 0 Å². The highest BCUT2D eigenvalue weighted by molar-refractivity contribution is 14.1. The Bertz CT molecular complexity index is 397. The van der Waals surface area contributed by atoms with Gasteiger partial charge in [0.05, 0.1) is 4.90 Å². The zero-order valence-corrected chi connectivity index (χ0v) is 11.0. The molecule has 0 saturated carbocycles. The zero-order valence-electron chi connectivity index (χ0n) is 7.99. The number of rotatable bonds is 3. The number of sulfonamides is 1. The molecule has 0 unspecified atom stereocenters. The molecule has 0 aliphatic heterocycles. The van der Waals surface area contributed by atoms with Gasteiger partial charge < -0.3 is 0 Å². The van der Waals surface area contributed by atoms with Crippen molar-refractivity contribution in [3.8, 4) is 0 Å². The maximum absolute atomic E-state index is 11.6. The molecule has 1 aromatic carbocycles. The smallest absolute Gasteiger partial charge is 0.209 e. The highest BCUT2D eigenvalue weighted by atomic mass is 127. The summed E-state index contributed by atoms with van der Waals surface area (Å²) >= 11 is 2.13. The Hall–Kier alpha value is -0.140. The Balaban J connectivity index is 2.99. The Morgan fingerprint density at radius 2 is 1.71 bits per heavy atom. The molecular weight excluding hydrogens is 313 g/mol. The van der Waals surface area contributed by atoms with E-state index >= 15 is 0 Å². The monoisotopic (exact) mass is 325 g/mol. The molecule has 0 fully saturated rings. The van der Waals surface area contributed by atoms with Crippen LogP contribution in [0.25, 0.3) is 0 Å². The first-order valence-electron chi connectivity index (χ1n) is 4.20. The Labute approximate surface area is 98.1 Å². The Morgan fingerprint density at radius 1 is 1.21 bits per heavy atom. The van der Waals surface area contributed by atoms with Crippen LogP contribution in [0, 0.1) is 3.57 Å². The summed E-state index contributed by atoms with van der Waals surface area (Å²) in [5, 5.41) is 0. The second kappa shape index (κ2) is 4.59. The lowest BCUT2D eigenvalue weighted by Gasteiger charge is -2.09. The van der Waals surface area contributed by atoms with Crippen LogP contribution in [0.2, 0.25) is 0 Å². The lowest BCUT2D eigenvalue weighted by Crippen LogP contribution is -2.30. The first kappa shape index (κ1) is 11.9. The van der Waals surface area contributed by atoms with Gasteiger partial charge in [-0.25, -0.2) is 13.1 Å². The van der Waals surface area contributed by atoms with Crippen molar-refractivity contribution in [3.05, 3.63) is 27.8 Å². The molecule has 78 valence electrons. The molecule has 0 saturated heterocycles. The van der Waals surface area contributed by atoms with Gasteiger partial charge in [0.1, 0.15) is 0 Å². The first-order chi connectivity index (χ1) is 6.42. The van der Waals surface area contributed by atoms with Crippen LogP contribution in [-0.2, 0) is 10.0 Å². The number of nitrogens with one attached hydrogen (secondary N) is 1. The molecule has 0 amide bonds. The van der Waals surface area contributed by atoms with Gasteiger partial charge in [-0.3, -0.25) is 0 Å². The van der Waals surface area contributed by atoms with E-state index in [1.165, 1.54) is 0 Å². The average Bonchev–Trinajstić information content (AvgIpc) is 2.02. The van der Waals surface area contributed by atoms with Crippen LogP contribution in [0.3, 0.4) is 0 Å². The number of hydrogen-bond donors (Lipinski definition) is 1. The van der Waals surface area contributed by atoms with Crippen LogP contribution in [0.5, 0.6) is 0 Å². The summed E-state index contributed by atoms with van der Waals surface area (Å²) in [6.45, 7) is 3.59. The molecule has 5 heteroatoms. The van der Waals surface area contributed by atoms with E-state index in [2.05, 4.69) is 27.3 Å². The van der Waals surface area contributed by atoms with Crippen LogP contribution in [0.4, 0.5) is 0 Å². The van der Waals surface area contributed by atoms with Gasteiger partial charge in [-0.1, -0.05) is 0 Å². The van der Waals surface area contributed by atoms with Crippen LogP contribution in [-0.4, -0.2) is 14.5 Å². The van der Waals surface area contributed by atoms with Crippen LogP contribution in [0.1, 0.15) is 13.8 Å². The van der Waals surface area contributed by atoms with Crippen molar-refractivity contribution in [3.63, 3.8) is 0 Å². The number of benzene rings is 1. The summed E-state index contributed by atoms with van der Waals surface area (Å²) in [6, 6.07) is 6.67. The van der Waals surface area contributed by atoms with Gasteiger partial charge in [0.25, 0.3) is 0 Å². The highest BCUT2D eigenvalue weighted by Crippen LogP contribution is 2.12. The van der Waals surface area contributed by atoms with Crippen LogP contribution < -0.4 is 4.72 Å². The van der Waals surface area contributed by atoms with E-state index in [1.54, 1.807) is 38.1 Å². The molecule has 1 rings (SSSR count). The van der Waals surface area contributed by atoms with Crippen molar-refractivity contribution < 1.29 is 8.42 Å². The minimum Gasteiger partial charge on any atom is -0.209 e. The molecule has 0 aliphatic carbocycles. The van der Waals surface area contributed by atoms with E-state index in [4.69, 9.17) is 0 Å². The van der Waals surface area contributed by atoms with Gasteiger partial charge in [0.15, 0.2) is 0 Å². The van der Waals surface area contributed by atoms with Crippen molar-refractivity contribution in [1.82, 2.24) is 4.72 Å². The van der Waals surface area contributed by atoms with Gasteiger partial charge in [0, 0.05) is 9.61 Å². The maximum Gasteiger partial charge on any atom is 0.240 e. The fourth-order valence-corrected chi connectivity index (χ4v) is 2.60. The fourth-order valence-electron chi connectivity index (χ4n) is 0.992. The maximum atomic E-state index is 11.6. The largest absolute Gasteiger partial charge is 0.240 e. The Morgan fingerprint density at radius 3 is 2.14 bits per heavy atom. The third-order valence-electron chi connectivity index (χ3n) is 1.51. The summed E-state index contributed by atoms with van der Waals surface area (Å²) in [5.41, 5.74) is 0. The number of hydrogen-bond acceptors (Lipinski definition) is 2. The van der Waals surface area contributed by atoms with Gasteiger partial charge in [-0.2, -0.15) is 0 Å². The fraction of sp³-hybridized carbons (Fsp3) is 0.333. The molecule has 0 bridgehead atoms. The molecule has 0 aromatic heterocycles. The Kier molecular flexibility index (Phi) is 3.91. The van der Waals surface area contributed by atoms with Gasteiger partial charge in [0.2, 0.25) is 10.0 Å². The van der Waals surface area contributed by atoms with Gasteiger partial charge in [-0.05, 0) is 60.7 Å². The molecular formula is C9H12INO2S. The third-order valence-corrected chi connectivity index (χ3v) is 3.91. The summed E-state index contributed by atoms with van der Waals surface area (Å²) in [4.78, 5) is 0.312. The van der Waals surface area contributed by atoms with E-state index in [9.17, 15) is 8.42 Å². The average molecular weight is 325 g/mol. The van der Waals surface area contributed by atoms with Gasteiger partial charge in [-0.15, -0.1) is 0 Å². The summed E-state index contributed by atoms with van der Waals surface area (Å²) in [6.07, 6.45) is 0. The van der Waals surface area contributed by atoms with Crippen molar-refractivity contribution in [2.24, 2.45) is 0 Å². The van der Waals surface area contributed by atoms with Crippen molar-refractivity contribution in [2.45, 2.75) is 24.8 Å². The molecule has 1 N–H and O–H groups in total. The topological polar surface area (TPSA) is 46.2 Å². The first-order valence-corrected chi connectivity index (χ1v) is 6.76. The molecule has 0 aliphatic rings. The van der Waals surface area contributed by atoms with Crippen LogP contribution >= 0.6 is 22.6 Å². The molecule has 0 radical (unpaired) electrons. The van der Waals surface area contributed by atoms with Crippen LogP contribution in [0.15, 0.2) is 29.2 Å². The predicted molar refractivity (Wildman–Crippen MR) is 64.6 cm³/mol. The molecule has 0 heterocycles. The summed E-state index contributed by atoms with van der Waals surface area (Å²) < 4.78 is 26.8. The quantitative estimate of drug-likeness (QED) is 0.864. The lowest BCUT2D eigenvalue weighted by atomic mass is 10.4. The van der Waals surface area contributed by atoms with E-state index in [-0.39, 0.29) is 6.04 Å². The second-order valence-electron chi connectivity index (χ2n) is 3.23. The van der Waals surface area contributed by atoms with E-state index in [0.717, 1.165) is 3.57 Å². The number of halogens is 1. The minimum atomic E-state index is -3.33. The predicted octanol–water partition coefficient (Wildman–Crippen LogP) is 1.98. The molecule has 0 atom stereocenters. The summed E-state index contributed by atoms with van der Waals surface area (Å²) in [7, 11) is -3.33. The SMILES string of the molecule is CC(C)NS(=O)(=O)c1ccc(I)cc1. The lowest BCUT2D eigenvalue weighted by molar-refractivity contribution is 0.570. The molecule has 0 spiro atoms. The second-order valence-corrected chi connectivity index (χ2v) is 6.19. The summed E-state index contributed by atoms with van der Waals surface area (Å²) in [5.74, 6) is 0. The normalized spacial score (nSPS) is 12.0. The molecule has 1 aromatic rings. The molecule has 14 heavy (non-hydrogen) atoms. The third kappa shape index (κ3) is 3.21. The minimum absolute atomic E-state index is 0.0840. The van der Waals surface area contributed by atoms with E-state index in [1.807, 2.05) is 0 Å². The van der Waals surface area contributed by atoms with Crippen molar-refractivity contribution >= 4 is 32.6 Å².